The third-order valence-electron chi connectivity index (χ3n) is 5.56. The summed E-state index contributed by atoms with van der Waals surface area (Å²) in [4.78, 5) is 8.85. The molecule has 162 valence electrons. The molecule has 1 aliphatic rings. The highest BCUT2D eigenvalue weighted by Crippen LogP contribution is 2.35. The zero-order valence-corrected chi connectivity index (χ0v) is 18.5. The normalized spacial score (nSPS) is 12.7. The van der Waals surface area contributed by atoms with Gasteiger partial charge in [-0.15, -0.1) is 0 Å². The molecular formula is C24H22N4O3S. The molecule has 0 aliphatic heterocycles. The summed E-state index contributed by atoms with van der Waals surface area (Å²) in [6.45, 7) is 1.78. The molecular weight excluding hydrogens is 424 g/mol. The van der Waals surface area contributed by atoms with E-state index in [1.54, 1.807) is 50.4 Å². The van der Waals surface area contributed by atoms with Crippen LogP contribution in [-0.4, -0.2) is 25.5 Å². The maximum atomic E-state index is 13.2. The SMILES string of the molecule is COc1cc(Nc2ccc(NS(=O)(=O)c3ccc4cccc5c4c3CC5)cc2)nc(C)n1. The van der Waals surface area contributed by atoms with Gasteiger partial charge < -0.3 is 10.1 Å². The van der Waals surface area contributed by atoms with Crippen molar-refractivity contribution in [1.29, 1.82) is 0 Å². The zero-order valence-electron chi connectivity index (χ0n) is 17.7. The largest absolute Gasteiger partial charge is 0.481 e. The minimum atomic E-state index is -3.71. The first-order valence-electron chi connectivity index (χ1n) is 10.3. The molecule has 32 heavy (non-hydrogen) atoms. The number of methoxy groups -OCH3 is 1. The highest BCUT2D eigenvalue weighted by molar-refractivity contribution is 7.92. The molecule has 0 radical (unpaired) electrons. The molecule has 0 atom stereocenters. The van der Waals surface area contributed by atoms with Crippen LogP contribution in [0.5, 0.6) is 5.88 Å². The predicted octanol–water partition coefficient (Wildman–Crippen LogP) is 4.59. The second kappa shape index (κ2) is 7.80. The van der Waals surface area contributed by atoms with Gasteiger partial charge in [0.25, 0.3) is 10.0 Å². The molecule has 0 bridgehead atoms. The Bertz CT molecular complexity index is 1430. The van der Waals surface area contributed by atoms with Gasteiger partial charge in [-0.05, 0) is 72.0 Å². The van der Waals surface area contributed by atoms with Gasteiger partial charge in [-0.1, -0.05) is 24.3 Å². The lowest BCUT2D eigenvalue weighted by Crippen LogP contribution is -2.14. The average molecular weight is 447 g/mol. The maximum absolute atomic E-state index is 13.2. The number of nitrogens with one attached hydrogen (secondary N) is 2. The van der Waals surface area contributed by atoms with Crippen molar-refractivity contribution in [1.82, 2.24) is 9.97 Å². The molecule has 2 N–H and O–H groups in total. The van der Waals surface area contributed by atoms with Crippen LogP contribution in [0.2, 0.25) is 0 Å². The third kappa shape index (κ3) is 3.73. The number of hydrogen-bond acceptors (Lipinski definition) is 6. The summed E-state index contributed by atoms with van der Waals surface area (Å²) >= 11 is 0. The molecule has 0 unspecified atom stereocenters. The van der Waals surface area contributed by atoms with Gasteiger partial charge in [-0.3, -0.25) is 4.72 Å². The lowest BCUT2D eigenvalue weighted by atomic mass is 10.1. The number of anilines is 3. The summed E-state index contributed by atoms with van der Waals surface area (Å²) in [6.07, 6.45) is 1.60. The Labute approximate surface area is 186 Å². The number of aryl methyl sites for hydroxylation is 3. The van der Waals surface area contributed by atoms with Gasteiger partial charge in [0.2, 0.25) is 5.88 Å². The molecule has 0 amide bonds. The van der Waals surface area contributed by atoms with Crippen LogP contribution in [-0.2, 0) is 22.9 Å². The molecule has 3 aromatic carbocycles. The van der Waals surface area contributed by atoms with Crippen molar-refractivity contribution in [2.24, 2.45) is 0 Å². The summed E-state index contributed by atoms with van der Waals surface area (Å²) < 4.78 is 34.2. The fourth-order valence-corrected chi connectivity index (χ4v) is 5.50. The van der Waals surface area contributed by atoms with Crippen LogP contribution < -0.4 is 14.8 Å². The van der Waals surface area contributed by atoms with Gasteiger partial charge >= 0.3 is 0 Å². The second-order valence-electron chi connectivity index (χ2n) is 7.71. The second-order valence-corrected chi connectivity index (χ2v) is 9.36. The Kier molecular flexibility index (Phi) is 4.94. The topological polar surface area (TPSA) is 93.2 Å². The molecule has 8 heteroatoms. The lowest BCUT2D eigenvalue weighted by molar-refractivity contribution is 0.396. The number of sulfonamides is 1. The van der Waals surface area contributed by atoms with Crippen molar-refractivity contribution >= 4 is 38.0 Å². The van der Waals surface area contributed by atoms with Crippen LogP contribution in [0.1, 0.15) is 17.0 Å². The van der Waals surface area contributed by atoms with E-state index < -0.39 is 10.0 Å². The minimum absolute atomic E-state index is 0.348. The van der Waals surface area contributed by atoms with Crippen LogP contribution >= 0.6 is 0 Å². The Morgan fingerprint density at radius 2 is 1.72 bits per heavy atom. The Morgan fingerprint density at radius 1 is 0.938 bits per heavy atom. The molecule has 5 rings (SSSR count). The van der Waals surface area contributed by atoms with E-state index in [0.717, 1.165) is 34.9 Å². The smallest absolute Gasteiger partial charge is 0.262 e. The van der Waals surface area contributed by atoms with Crippen molar-refractivity contribution in [2.75, 3.05) is 17.1 Å². The number of ether oxygens (including phenoxy) is 1. The van der Waals surface area contributed by atoms with Gasteiger partial charge in [0, 0.05) is 17.4 Å². The monoisotopic (exact) mass is 446 g/mol. The molecule has 1 heterocycles. The average Bonchev–Trinajstić information content (AvgIpc) is 3.20. The van der Waals surface area contributed by atoms with Crippen LogP contribution in [0.15, 0.2) is 65.6 Å². The number of nitrogens with zero attached hydrogens (tertiary/aromatic N) is 2. The quantitative estimate of drug-likeness (QED) is 0.450. The van der Waals surface area contributed by atoms with Gasteiger partial charge in [-0.25, -0.2) is 13.4 Å². The first-order valence-corrected chi connectivity index (χ1v) is 11.7. The van der Waals surface area contributed by atoms with E-state index in [2.05, 4.69) is 26.1 Å². The highest BCUT2D eigenvalue weighted by Gasteiger charge is 2.24. The van der Waals surface area contributed by atoms with E-state index in [1.165, 1.54) is 5.56 Å². The van der Waals surface area contributed by atoms with Crippen molar-refractivity contribution in [3.8, 4) is 5.88 Å². The van der Waals surface area contributed by atoms with Crippen LogP contribution in [0.4, 0.5) is 17.2 Å². The fourth-order valence-electron chi connectivity index (χ4n) is 4.17. The standard InChI is InChI=1S/C24H22N4O3S/c1-15-25-22(14-23(26-15)31-2)27-18-8-10-19(11-9-18)28-32(29,30)21-13-7-17-5-3-4-16-6-12-20(21)24(16)17/h3-5,7-11,13-14,28H,6,12H2,1-2H3,(H,25,26,27). The molecule has 4 aromatic rings. The van der Waals surface area contributed by atoms with Crippen molar-refractivity contribution < 1.29 is 13.2 Å². The van der Waals surface area contributed by atoms with Gasteiger partial charge in [0.1, 0.15) is 11.6 Å². The Morgan fingerprint density at radius 3 is 2.50 bits per heavy atom. The van der Waals surface area contributed by atoms with Crippen molar-refractivity contribution in [2.45, 2.75) is 24.7 Å². The molecule has 0 saturated heterocycles. The number of rotatable bonds is 6. The third-order valence-corrected chi connectivity index (χ3v) is 7.03. The molecule has 1 aromatic heterocycles. The Balaban J connectivity index is 1.38. The zero-order chi connectivity index (χ0) is 22.3. The Hall–Kier alpha value is -3.65. The number of hydrogen-bond donors (Lipinski definition) is 2. The van der Waals surface area contributed by atoms with E-state index in [4.69, 9.17) is 4.74 Å². The van der Waals surface area contributed by atoms with Crippen LogP contribution in [0.25, 0.3) is 10.8 Å². The molecule has 7 nitrogen and oxygen atoms in total. The molecule has 1 aliphatic carbocycles. The van der Waals surface area contributed by atoms with Crippen molar-refractivity contribution in [3.05, 3.63) is 77.6 Å². The molecule has 0 spiro atoms. The van der Waals surface area contributed by atoms with Crippen molar-refractivity contribution in [3.63, 3.8) is 0 Å². The first-order chi connectivity index (χ1) is 15.4. The van der Waals surface area contributed by atoms with Gasteiger partial charge in [0.15, 0.2) is 0 Å². The number of aromatic nitrogens is 2. The predicted molar refractivity (Wildman–Crippen MR) is 125 cm³/mol. The summed E-state index contributed by atoms with van der Waals surface area (Å²) in [6, 6.07) is 18.4. The summed E-state index contributed by atoms with van der Waals surface area (Å²) in [5.74, 6) is 1.65. The summed E-state index contributed by atoms with van der Waals surface area (Å²) in [5, 5.41) is 5.34. The van der Waals surface area contributed by atoms with E-state index in [1.807, 2.05) is 18.2 Å². The van der Waals surface area contributed by atoms with E-state index in [9.17, 15) is 8.42 Å². The molecule has 0 fully saturated rings. The van der Waals surface area contributed by atoms with Crippen LogP contribution in [0.3, 0.4) is 0 Å². The number of benzene rings is 3. The lowest BCUT2D eigenvalue weighted by Gasteiger charge is -2.13. The summed E-state index contributed by atoms with van der Waals surface area (Å²) in [5.41, 5.74) is 3.37. The van der Waals surface area contributed by atoms with E-state index in [0.29, 0.717) is 28.1 Å². The van der Waals surface area contributed by atoms with Gasteiger partial charge in [-0.2, -0.15) is 4.98 Å². The van der Waals surface area contributed by atoms with Gasteiger partial charge in [0.05, 0.1) is 12.0 Å². The fraction of sp³-hybridized carbons (Fsp3) is 0.167. The van der Waals surface area contributed by atoms with E-state index in [-0.39, 0.29) is 0 Å². The molecule has 0 saturated carbocycles. The minimum Gasteiger partial charge on any atom is -0.481 e. The van der Waals surface area contributed by atoms with E-state index >= 15 is 0 Å². The van der Waals surface area contributed by atoms with Crippen LogP contribution in [0, 0.1) is 6.92 Å². The summed E-state index contributed by atoms with van der Waals surface area (Å²) in [7, 11) is -2.16. The first kappa shape index (κ1) is 20.3. The highest BCUT2D eigenvalue weighted by atomic mass is 32.2. The maximum Gasteiger partial charge on any atom is 0.262 e.